The highest BCUT2D eigenvalue weighted by Crippen LogP contribution is 2.62. The zero-order chi connectivity index (χ0) is 38.6. The molecule has 9 aromatic rings. The van der Waals surface area contributed by atoms with Crippen LogP contribution < -0.4 is 4.74 Å². The van der Waals surface area contributed by atoms with E-state index in [1.165, 1.54) is 22.3 Å². The minimum absolute atomic E-state index is 0.620. The van der Waals surface area contributed by atoms with Crippen molar-refractivity contribution in [2.24, 2.45) is 0 Å². The standard InChI is InChI=1S/C53H32N4O/c54-33-34-12-11-17-39(30-34)41-27-29-43-42-28-26-40(31-46(42)53(47(43)32-41)44-18-7-9-20-48(44)58-49-21-10-8-19-45(49)53)35-22-24-38(25-23-35)52-56-50(36-13-3-1-4-14-36)55-51(57-52)37-15-5-2-6-16-37/h1-32H. The van der Waals surface area contributed by atoms with Crippen LogP contribution in [0.2, 0.25) is 0 Å². The molecule has 0 saturated carbocycles. The number of aromatic nitrogens is 3. The number of rotatable bonds is 5. The quantitative estimate of drug-likeness (QED) is 0.176. The number of hydrogen-bond acceptors (Lipinski definition) is 5. The molecule has 270 valence electrons. The highest BCUT2D eigenvalue weighted by Gasteiger charge is 2.51. The van der Waals surface area contributed by atoms with Crippen molar-refractivity contribution in [2.75, 3.05) is 0 Å². The number of fused-ring (bicyclic) bond motifs is 9. The van der Waals surface area contributed by atoms with Crippen molar-refractivity contribution in [1.29, 1.82) is 5.26 Å². The fourth-order valence-corrected chi connectivity index (χ4v) is 8.78. The molecule has 0 N–H and O–H groups in total. The van der Waals surface area contributed by atoms with E-state index < -0.39 is 5.41 Å². The molecule has 0 unspecified atom stereocenters. The zero-order valence-electron chi connectivity index (χ0n) is 31.2. The Balaban J connectivity index is 1.07. The van der Waals surface area contributed by atoms with Crippen LogP contribution in [0.15, 0.2) is 194 Å². The molecule has 5 nitrogen and oxygen atoms in total. The van der Waals surface area contributed by atoms with E-state index in [1.807, 2.05) is 91.0 Å². The first-order chi connectivity index (χ1) is 28.7. The maximum absolute atomic E-state index is 9.73. The minimum Gasteiger partial charge on any atom is -0.457 e. The van der Waals surface area contributed by atoms with Crippen LogP contribution in [0.1, 0.15) is 27.8 Å². The fourth-order valence-electron chi connectivity index (χ4n) is 8.78. The van der Waals surface area contributed by atoms with Gasteiger partial charge in [-0.2, -0.15) is 5.26 Å². The lowest BCUT2D eigenvalue weighted by atomic mass is 9.65. The third-order valence-corrected chi connectivity index (χ3v) is 11.4. The highest BCUT2D eigenvalue weighted by molar-refractivity contribution is 5.92. The van der Waals surface area contributed by atoms with E-state index in [9.17, 15) is 5.26 Å². The lowest BCUT2D eigenvalue weighted by molar-refractivity contribution is 0.436. The molecule has 0 radical (unpaired) electrons. The van der Waals surface area contributed by atoms with Gasteiger partial charge >= 0.3 is 0 Å². The Hall–Kier alpha value is -7.94. The van der Waals surface area contributed by atoms with Crippen molar-refractivity contribution >= 4 is 0 Å². The molecule has 5 heteroatoms. The first kappa shape index (κ1) is 33.4. The molecule has 0 atom stereocenters. The summed E-state index contributed by atoms with van der Waals surface area (Å²) in [7, 11) is 0. The second-order valence-electron chi connectivity index (χ2n) is 14.7. The van der Waals surface area contributed by atoms with Crippen molar-refractivity contribution in [3.05, 3.63) is 222 Å². The van der Waals surface area contributed by atoms with E-state index in [0.29, 0.717) is 23.0 Å². The Morgan fingerprint density at radius 2 is 0.776 bits per heavy atom. The normalized spacial score (nSPS) is 12.7. The molecular formula is C53H32N4O. The average Bonchev–Trinajstić information content (AvgIpc) is 3.58. The predicted molar refractivity (Wildman–Crippen MR) is 229 cm³/mol. The summed E-state index contributed by atoms with van der Waals surface area (Å²) in [4.78, 5) is 14.8. The lowest BCUT2D eigenvalue weighted by Crippen LogP contribution is -2.32. The number of nitrogens with zero attached hydrogens (tertiary/aromatic N) is 4. The second-order valence-corrected chi connectivity index (χ2v) is 14.7. The van der Waals surface area contributed by atoms with Crippen LogP contribution in [0.3, 0.4) is 0 Å². The Morgan fingerprint density at radius 1 is 0.362 bits per heavy atom. The van der Waals surface area contributed by atoms with Gasteiger partial charge in [0.25, 0.3) is 0 Å². The Morgan fingerprint density at radius 3 is 1.31 bits per heavy atom. The summed E-state index contributed by atoms with van der Waals surface area (Å²) in [6.07, 6.45) is 0. The summed E-state index contributed by atoms with van der Waals surface area (Å²) in [5.74, 6) is 3.57. The number of nitriles is 1. The summed E-state index contributed by atoms with van der Waals surface area (Å²) >= 11 is 0. The van der Waals surface area contributed by atoms with Gasteiger partial charge in [0.15, 0.2) is 17.5 Å². The summed E-state index contributed by atoms with van der Waals surface area (Å²) in [6, 6.07) is 69.2. The van der Waals surface area contributed by atoms with Gasteiger partial charge in [-0.25, -0.2) is 15.0 Å². The third kappa shape index (κ3) is 5.27. The summed E-state index contributed by atoms with van der Waals surface area (Å²) in [5.41, 5.74) is 14.0. The monoisotopic (exact) mass is 740 g/mol. The van der Waals surface area contributed by atoms with E-state index in [4.69, 9.17) is 19.7 Å². The van der Waals surface area contributed by atoms with Crippen molar-refractivity contribution in [1.82, 2.24) is 15.0 Å². The van der Waals surface area contributed by atoms with Gasteiger partial charge in [-0.3, -0.25) is 0 Å². The molecule has 2 heterocycles. The molecular weight excluding hydrogens is 709 g/mol. The van der Waals surface area contributed by atoms with Crippen molar-refractivity contribution in [3.8, 4) is 85.1 Å². The van der Waals surface area contributed by atoms with Crippen molar-refractivity contribution in [2.45, 2.75) is 5.41 Å². The Kier molecular flexibility index (Phi) is 7.70. The smallest absolute Gasteiger partial charge is 0.164 e. The summed E-state index contributed by atoms with van der Waals surface area (Å²) in [5, 5.41) is 9.73. The highest BCUT2D eigenvalue weighted by atomic mass is 16.5. The van der Waals surface area contributed by atoms with Crippen molar-refractivity contribution in [3.63, 3.8) is 0 Å². The van der Waals surface area contributed by atoms with Crippen LogP contribution in [0.25, 0.3) is 67.5 Å². The van der Waals surface area contributed by atoms with Gasteiger partial charge in [0.1, 0.15) is 11.5 Å². The Bertz CT molecular complexity index is 2990. The molecule has 11 rings (SSSR count). The molecule has 1 spiro atoms. The molecule has 1 aromatic heterocycles. The van der Waals surface area contributed by atoms with E-state index in [-0.39, 0.29) is 0 Å². The topological polar surface area (TPSA) is 71.7 Å². The van der Waals surface area contributed by atoms with E-state index in [2.05, 4.69) is 109 Å². The SMILES string of the molecule is N#Cc1cccc(-c2ccc3c(c2)C2(c4ccccc4Oc4ccccc42)c2cc(-c4ccc(-c5nc(-c6ccccc6)nc(-c6ccccc6)n5)cc4)ccc2-3)c1. The first-order valence-corrected chi connectivity index (χ1v) is 19.3. The minimum atomic E-state index is -0.651. The van der Waals surface area contributed by atoms with E-state index in [0.717, 1.165) is 61.6 Å². The first-order valence-electron chi connectivity index (χ1n) is 19.3. The molecule has 1 aliphatic carbocycles. The van der Waals surface area contributed by atoms with Crippen LogP contribution in [0.5, 0.6) is 11.5 Å². The van der Waals surface area contributed by atoms with Gasteiger partial charge in [-0.15, -0.1) is 0 Å². The molecule has 2 aliphatic rings. The van der Waals surface area contributed by atoms with Gasteiger partial charge < -0.3 is 4.74 Å². The lowest BCUT2D eigenvalue weighted by Gasteiger charge is -2.39. The zero-order valence-corrected chi connectivity index (χ0v) is 31.2. The maximum Gasteiger partial charge on any atom is 0.164 e. The maximum atomic E-state index is 9.73. The number of hydrogen-bond donors (Lipinski definition) is 0. The Labute approximate surface area is 336 Å². The van der Waals surface area contributed by atoms with Crippen LogP contribution in [0, 0.1) is 11.3 Å². The van der Waals surface area contributed by atoms with Gasteiger partial charge in [0.05, 0.1) is 17.0 Å². The van der Waals surface area contributed by atoms with E-state index in [1.54, 1.807) is 0 Å². The third-order valence-electron chi connectivity index (χ3n) is 11.4. The second kappa shape index (κ2) is 13.4. The predicted octanol–water partition coefficient (Wildman–Crippen LogP) is 12.5. The molecule has 1 aliphatic heterocycles. The van der Waals surface area contributed by atoms with Gasteiger partial charge in [0, 0.05) is 27.8 Å². The molecule has 0 bridgehead atoms. The van der Waals surface area contributed by atoms with Gasteiger partial charge in [0.2, 0.25) is 0 Å². The summed E-state index contributed by atoms with van der Waals surface area (Å²) < 4.78 is 6.63. The van der Waals surface area contributed by atoms with Gasteiger partial charge in [-0.05, 0) is 80.9 Å². The molecule has 58 heavy (non-hydrogen) atoms. The average molecular weight is 741 g/mol. The van der Waals surface area contributed by atoms with Crippen LogP contribution in [-0.4, -0.2) is 15.0 Å². The summed E-state index contributed by atoms with van der Waals surface area (Å²) in [6.45, 7) is 0. The molecule has 8 aromatic carbocycles. The van der Waals surface area contributed by atoms with Gasteiger partial charge in [-0.1, -0.05) is 158 Å². The number of para-hydroxylation sites is 2. The molecule has 0 amide bonds. The van der Waals surface area contributed by atoms with Crippen LogP contribution >= 0.6 is 0 Å². The van der Waals surface area contributed by atoms with E-state index >= 15 is 0 Å². The number of ether oxygens (including phenoxy) is 1. The molecule has 0 saturated heterocycles. The van der Waals surface area contributed by atoms with Crippen molar-refractivity contribution < 1.29 is 4.74 Å². The van der Waals surface area contributed by atoms with Crippen LogP contribution in [0.4, 0.5) is 0 Å². The molecule has 0 fully saturated rings. The largest absolute Gasteiger partial charge is 0.457 e. The number of benzene rings is 8. The fraction of sp³-hybridized carbons (Fsp3) is 0.0189. The van der Waals surface area contributed by atoms with Crippen LogP contribution in [-0.2, 0) is 5.41 Å².